The zero-order valence-electron chi connectivity index (χ0n) is 12.6. The molecule has 0 aromatic heterocycles. The third-order valence-corrected chi connectivity index (χ3v) is 3.85. The first-order chi connectivity index (χ1) is 10.1. The second-order valence-corrected chi connectivity index (χ2v) is 5.39. The Morgan fingerprint density at radius 3 is 2.48 bits per heavy atom. The molecule has 0 aliphatic carbocycles. The molecule has 0 radical (unpaired) electrons. The van der Waals surface area contributed by atoms with Crippen molar-refractivity contribution in [2.24, 2.45) is 11.7 Å². The fraction of sp³-hybridized carbons (Fsp3) is 0.333. The van der Waals surface area contributed by atoms with Gasteiger partial charge in [-0.1, -0.05) is 24.3 Å². The van der Waals surface area contributed by atoms with E-state index in [0.29, 0.717) is 12.5 Å². The highest BCUT2D eigenvalue weighted by Crippen LogP contribution is 2.23. The van der Waals surface area contributed by atoms with Gasteiger partial charge in [0.1, 0.15) is 11.6 Å². The van der Waals surface area contributed by atoms with E-state index in [1.165, 1.54) is 6.07 Å². The largest absolute Gasteiger partial charge is 0.496 e. The highest BCUT2D eigenvalue weighted by Gasteiger charge is 2.13. The first-order valence-corrected chi connectivity index (χ1v) is 7.21. The number of hydrogen-bond acceptors (Lipinski definition) is 2. The Bertz CT molecular complexity index is 598. The summed E-state index contributed by atoms with van der Waals surface area (Å²) in [6.07, 6.45) is 1.71. The van der Waals surface area contributed by atoms with E-state index in [2.05, 4.69) is 6.07 Å². The van der Waals surface area contributed by atoms with E-state index in [1.54, 1.807) is 13.2 Å². The van der Waals surface area contributed by atoms with Crippen molar-refractivity contribution in [2.75, 3.05) is 13.7 Å². The molecule has 3 heteroatoms. The summed E-state index contributed by atoms with van der Waals surface area (Å²) in [5.74, 6) is 1.02. The molecule has 0 saturated heterocycles. The molecule has 21 heavy (non-hydrogen) atoms. The van der Waals surface area contributed by atoms with E-state index in [-0.39, 0.29) is 5.82 Å². The van der Waals surface area contributed by atoms with Crippen LogP contribution >= 0.6 is 0 Å². The van der Waals surface area contributed by atoms with Crippen molar-refractivity contribution in [2.45, 2.75) is 19.8 Å². The van der Waals surface area contributed by atoms with Crippen molar-refractivity contribution >= 4 is 0 Å². The van der Waals surface area contributed by atoms with Gasteiger partial charge in [-0.3, -0.25) is 0 Å². The van der Waals surface area contributed by atoms with Crippen LogP contribution < -0.4 is 10.5 Å². The molecule has 2 aromatic rings. The lowest BCUT2D eigenvalue weighted by atomic mass is 9.90. The predicted octanol–water partition coefficient (Wildman–Crippen LogP) is 3.50. The van der Waals surface area contributed by atoms with E-state index in [0.717, 1.165) is 35.3 Å². The van der Waals surface area contributed by atoms with Crippen LogP contribution in [-0.4, -0.2) is 13.7 Å². The van der Waals surface area contributed by atoms with Crippen LogP contribution in [0.1, 0.15) is 16.7 Å². The molecule has 0 spiro atoms. The number of hydrogen-bond donors (Lipinski definition) is 1. The first-order valence-electron chi connectivity index (χ1n) is 7.21. The van der Waals surface area contributed by atoms with Crippen LogP contribution in [0.15, 0.2) is 42.5 Å². The number of nitrogens with two attached hydrogens (primary N) is 1. The standard InChI is InChI=1S/C18H22FNO/c1-13-9-17(19)8-7-15(13)10-14(12-20)11-16-5-3-4-6-18(16)21-2/h3-9,14H,10-12,20H2,1-2H3. The Morgan fingerprint density at radius 2 is 1.81 bits per heavy atom. The van der Waals surface area contributed by atoms with Crippen LogP contribution in [0.4, 0.5) is 4.39 Å². The number of para-hydroxylation sites is 1. The molecule has 0 aliphatic rings. The summed E-state index contributed by atoms with van der Waals surface area (Å²) < 4.78 is 18.6. The second kappa shape index (κ2) is 7.23. The Kier molecular flexibility index (Phi) is 5.34. The van der Waals surface area contributed by atoms with Crippen LogP contribution in [0.3, 0.4) is 0 Å². The zero-order valence-corrected chi connectivity index (χ0v) is 12.6. The van der Waals surface area contributed by atoms with Crippen molar-refractivity contribution in [3.63, 3.8) is 0 Å². The van der Waals surface area contributed by atoms with E-state index in [9.17, 15) is 4.39 Å². The van der Waals surface area contributed by atoms with Gasteiger partial charge in [0, 0.05) is 0 Å². The molecule has 112 valence electrons. The summed E-state index contributed by atoms with van der Waals surface area (Å²) in [5, 5.41) is 0. The topological polar surface area (TPSA) is 35.2 Å². The minimum Gasteiger partial charge on any atom is -0.496 e. The fourth-order valence-electron chi connectivity index (χ4n) is 2.62. The third-order valence-electron chi connectivity index (χ3n) is 3.85. The maximum Gasteiger partial charge on any atom is 0.123 e. The van der Waals surface area contributed by atoms with Crippen molar-refractivity contribution in [3.05, 3.63) is 65.0 Å². The van der Waals surface area contributed by atoms with E-state index >= 15 is 0 Å². The van der Waals surface area contributed by atoms with Crippen LogP contribution in [0.2, 0.25) is 0 Å². The molecule has 0 heterocycles. The summed E-state index contributed by atoms with van der Waals surface area (Å²) in [5.41, 5.74) is 9.22. The molecule has 0 bridgehead atoms. The van der Waals surface area contributed by atoms with E-state index in [1.807, 2.05) is 31.2 Å². The molecule has 1 atom stereocenters. The van der Waals surface area contributed by atoms with Gasteiger partial charge in [-0.05, 0) is 67.1 Å². The van der Waals surface area contributed by atoms with Gasteiger partial charge in [-0.25, -0.2) is 4.39 Å². The van der Waals surface area contributed by atoms with Crippen LogP contribution in [-0.2, 0) is 12.8 Å². The molecule has 1 unspecified atom stereocenters. The molecular weight excluding hydrogens is 265 g/mol. The van der Waals surface area contributed by atoms with Gasteiger partial charge < -0.3 is 10.5 Å². The third kappa shape index (κ3) is 4.05. The van der Waals surface area contributed by atoms with Gasteiger partial charge in [0.15, 0.2) is 0 Å². The number of halogens is 1. The summed E-state index contributed by atoms with van der Waals surface area (Å²) in [6.45, 7) is 2.53. The van der Waals surface area contributed by atoms with Crippen molar-refractivity contribution in [3.8, 4) is 5.75 Å². The predicted molar refractivity (Wildman–Crippen MR) is 84.1 cm³/mol. The normalized spacial score (nSPS) is 12.2. The number of methoxy groups -OCH3 is 1. The summed E-state index contributed by atoms with van der Waals surface area (Å²) in [7, 11) is 1.68. The Morgan fingerprint density at radius 1 is 1.10 bits per heavy atom. The second-order valence-electron chi connectivity index (χ2n) is 5.39. The molecule has 0 saturated carbocycles. The number of benzene rings is 2. The molecule has 0 amide bonds. The maximum atomic E-state index is 13.2. The summed E-state index contributed by atoms with van der Waals surface area (Å²) >= 11 is 0. The van der Waals surface area contributed by atoms with Gasteiger partial charge in [-0.2, -0.15) is 0 Å². The van der Waals surface area contributed by atoms with Crippen molar-refractivity contribution < 1.29 is 9.13 Å². The lowest BCUT2D eigenvalue weighted by molar-refractivity contribution is 0.404. The minimum absolute atomic E-state index is 0.190. The number of rotatable bonds is 6. The fourth-order valence-corrected chi connectivity index (χ4v) is 2.62. The van der Waals surface area contributed by atoms with Crippen molar-refractivity contribution in [1.82, 2.24) is 0 Å². The van der Waals surface area contributed by atoms with Crippen LogP contribution in [0, 0.1) is 18.7 Å². The Hall–Kier alpha value is -1.87. The van der Waals surface area contributed by atoms with Gasteiger partial charge in [0.2, 0.25) is 0 Å². The number of aryl methyl sites for hydroxylation is 1. The monoisotopic (exact) mass is 287 g/mol. The molecule has 0 fully saturated rings. The lowest BCUT2D eigenvalue weighted by Crippen LogP contribution is -2.20. The SMILES string of the molecule is COc1ccccc1CC(CN)Cc1ccc(F)cc1C. The minimum atomic E-state index is -0.190. The maximum absolute atomic E-state index is 13.2. The first kappa shape index (κ1) is 15.5. The van der Waals surface area contributed by atoms with Gasteiger partial charge >= 0.3 is 0 Å². The smallest absolute Gasteiger partial charge is 0.123 e. The lowest BCUT2D eigenvalue weighted by Gasteiger charge is -2.18. The van der Waals surface area contributed by atoms with E-state index in [4.69, 9.17) is 10.5 Å². The van der Waals surface area contributed by atoms with E-state index < -0.39 is 0 Å². The molecule has 0 aliphatic heterocycles. The highest BCUT2D eigenvalue weighted by atomic mass is 19.1. The molecular formula is C18H22FNO. The highest BCUT2D eigenvalue weighted by molar-refractivity contribution is 5.34. The van der Waals surface area contributed by atoms with Gasteiger partial charge in [0.25, 0.3) is 0 Å². The Labute approximate surface area is 125 Å². The molecule has 2 nitrogen and oxygen atoms in total. The molecule has 2 rings (SSSR count). The summed E-state index contributed by atoms with van der Waals surface area (Å²) in [4.78, 5) is 0. The van der Waals surface area contributed by atoms with Crippen LogP contribution in [0.5, 0.6) is 5.75 Å². The average molecular weight is 287 g/mol. The summed E-state index contributed by atoms with van der Waals surface area (Å²) in [6, 6.07) is 12.9. The van der Waals surface area contributed by atoms with Crippen molar-refractivity contribution in [1.29, 1.82) is 0 Å². The zero-order chi connectivity index (χ0) is 15.2. The van der Waals surface area contributed by atoms with Gasteiger partial charge in [-0.15, -0.1) is 0 Å². The number of ether oxygens (including phenoxy) is 1. The quantitative estimate of drug-likeness (QED) is 0.882. The molecule has 2 aromatic carbocycles. The average Bonchev–Trinajstić information content (AvgIpc) is 2.49. The van der Waals surface area contributed by atoms with Gasteiger partial charge in [0.05, 0.1) is 7.11 Å². The Balaban J connectivity index is 2.13. The van der Waals surface area contributed by atoms with Crippen LogP contribution in [0.25, 0.3) is 0 Å². The molecule has 2 N–H and O–H groups in total.